The van der Waals surface area contributed by atoms with Crippen LogP contribution in [0.5, 0.6) is 0 Å². The van der Waals surface area contributed by atoms with Gasteiger partial charge in [-0.1, -0.05) is 54.6 Å². The lowest BCUT2D eigenvalue weighted by molar-refractivity contribution is -0.131. The maximum absolute atomic E-state index is 12.1. The standard InChI is InChI=1S/C20H21N3O3/c1-22-17(19(25)23(2)20(22)26)12-18(24)21-13-14-8-10-16(11-9-14)15-6-4-3-5-7-15/h3-11,17H,12-13H2,1-2H3,(H,21,24). The highest BCUT2D eigenvalue weighted by atomic mass is 16.2. The van der Waals surface area contributed by atoms with E-state index in [0.717, 1.165) is 21.6 Å². The van der Waals surface area contributed by atoms with Gasteiger partial charge in [0, 0.05) is 20.6 Å². The zero-order chi connectivity index (χ0) is 18.7. The Bertz CT molecular complexity index is 818. The van der Waals surface area contributed by atoms with Crippen molar-refractivity contribution in [2.24, 2.45) is 0 Å². The molecular formula is C20H21N3O3. The van der Waals surface area contributed by atoms with Crippen molar-refractivity contribution in [1.29, 1.82) is 0 Å². The normalized spacial score (nSPS) is 16.9. The zero-order valence-corrected chi connectivity index (χ0v) is 14.8. The predicted molar refractivity (Wildman–Crippen MR) is 98.1 cm³/mol. The number of imide groups is 1. The van der Waals surface area contributed by atoms with Gasteiger partial charge < -0.3 is 10.2 Å². The van der Waals surface area contributed by atoms with Gasteiger partial charge in [0.25, 0.3) is 5.91 Å². The number of hydrogen-bond acceptors (Lipinski definition) is 3. The third-order valence-corrected chi connectivity index (χ3v) is 4.60. The van der Waals surface area contributed by atoms with Crippen molar-refractivity contribution in [2.45, 2.75) is 19.0 Å². The van der Waals surface area contributed by atoms with E-state index >= 15 is 0 Å². The molecule has 0 spiro atoms. The molecule has 0 bridgehead atoms. The molecule has 134 valence electrons. The first kappa shape index (κ1) is 17.7. The zero-order valence-electron chi connectivity index (χ0n) is 14.8. The molecule has 1 saturated heterocycles. The molecule has 6 nitrogen and oxygen atoms in total. The Morgan fingerprint density at radius 2 is 1.58 bits per heavy atom. The number of carbonyl (C=O) groups excluding carboxylic acids is 3. The van der Waals surface area contributed by atoms with Gasteiger partial charge >= 0.3 is 6.03 Å². The molecule has 0 radical (unpaired) electrons. The van der Waals surface area contributed by atoms with Crippen molar-refractivity contribution in [3.8, 4) is 11.1 Å². The number of likely N-dealkylation sites (N-methyl/N-ethyl adjacent to an activating group) is 2. The average Bonchev–Trinajstić information content (AvgIpc) is 2.85. The van der Waals surface area contributed by atoms with Crippen LogP contribution in [-0.4, -0.2) is 47.8 Å². The number of rotatable bonds is 5. The smallest absolute Gasteiger partial charge is 0.326 e. The van der Waals surface area contributed by atoms with Crippen molar-refractivity contribution in [3.63, 3.8) is 0 Å². The lowest BCUT2D eigenvalue weighted by Gasteiger charge is -2.15. The summed E-state index contributed by atoms with van der Waals surface area (Å²) in [4.78, 5) is 38.2. The number of amides is 4. The fourth-order valence-electron chi connectivity index (χ4n) is 2.97. The maximum Gasteiger partial charge on any atom is 0.326 e. The Morgan fingerprint density at radius 3 is 2.15 bits per heavy atom. The molecule has 1 heterocycles. The number of urea groups is 1. The molecule has 1 aliphatic heterocycles. The molecule has 2 aromatic rings. The van der Waals surface area contributed by atoms with E-state index in [1.807, 2.05) is 54.6 Å². The molecule has 0 aromatic heterocycles. The van der Waals surface area contributed by atoms with E-state index in [9.17, 15) is 14.4 Å². The molecule has 3 rings (SSSR count). The summed E-state index contributed by atoms with van der Waals surface area (Å²) in [5.41, 5.74) is 3.22. The van der Waals surface area contributed by atoms with Crippen LogP contribution in [0.25, 0.3) is 11.1 Å². The monoisotopic (exact) mass is 351 g/mol. The van der Waals surface area contributed by atoms with E-state index in [4.69, 9.17) is 0 Å². The fourth-order valence-corrected chi connectivity index (χ4v) is 2.97. The van der Waals surface area contributed by atoms with E-state index in [1.54, 1.807) is 0 Å². The highest BCUT2D eigenvalue weighted by Gasteiger charge is 2.41. The first-order valence-corrected chi connectivity index (χ1v) is 8.43. The Balaban J connectivity index is 1.55. The van der Waals surface area contributed by atoms with Gasteiger partial charge in [-0.3, -0.25) is 14.5 Å². The largest absolute Gasteiger partial charge is 0.352 e. The van der Waals surface area contributed by atoms with Gasteiger partial charge in [0.15, 0.2) is 0 Å². The number of nitrogens with zero attached hydrogens (tertiary/aromatic N) is 2. The van der Waals surface area contributed by atoms with Gasteiger partial charge in [-0.05, 0) is 16.7 Å². The molecule has 4 amide bonds. The van der Waals surface area contributed by atoms with E-state index in [-0.39, 0.29) is 24.3 Å². The predicted octanol–water partition coefficient (Wildman–Crippen LogP) is 2.25. The lowest BCUT2D eigenvalue weighted by Crippen LogP contribution is -2.37. The van der Waals surface area contributed by atoms with Crippen LogP contribution in [0, 0.1) is 0 Å². The van der Waals surface area contributed by atoms with E-state index < -0.39 is 6.04 Å². The highest BCUT2D eigenvalue weighted by molar-refractivity contribution is 6.05. The number of carbonyl (C=O) groups is 3. The molecule has 1 N–H and O–H groups in total. The number of nitrogens with one attached hydrogen (secondary N) is 1. The quantitative estimate of drug-likeness (QED) is 0.840. The van der Waals surface area contributed by atoms with Gasteiger partial charge in [-0.15, -0.1) is 0 Å². The minimum absolute atomic E-state index is 0.0342. The molecule has 0 saturated carbocycles. The third kappa shape index (κ3) is 3.59. The van der Waals surface area contributed by atoms with Crippen LogP contribution < -0.4 is 5.32 Å². The molecule has 1 aliphatic rings. The molecule has 1 fully saturated rings. The van der Waals surface area contributed by atoms with Gasteiger partial charge in [-0.25, -0.2) is 4.79 Å². The van der Waals surface area contributed by atoms with Crippen LogP contribution in [0.1, 0.15) is 12.0 Å². The van der Waals surface area contributed by atoms with Crippen LogP contribution in [0.2, 0.25) is 0 Å². The number of hydrogen-bond donors (Lipinski definition) is 1. The van der Waals surface area contributed by atoms with Gasteiger partial charge in [0.1, 0.15) is 6.04 Å². The van der Waals surface area contributed by atoms with Gasteiger partial charge in [-0.2, -0.15) is 0 Å². The maximum atomic E-state index is 12.1. The summed E-state index contributed by atoms with van der Waals surface area (Å²) in [6, 6.07) is 16.9. The molecule has 26 heavy (non-hydrogen) atoms. The molecule has 1 atom stereocenters. The molecular weight excluding hydrogens is 330 g/mol. The SMILES string of the molecule is CN1C(=O)C(CC(=O)NCc2ccc(-c3ccccc3)cc2)N(C)C1=O. The Labute approximate surface area is 152 Å². The van der Waals surface area contributed by atoms with E-state index in [0.29, 0.717) is 6.54 Å². The lowest BCUT2D eigenvalue weighted by atomic mass is 10.0. The molecule has 0 aliphatic carbocycles. The van der Waals surface area contributed by atoms with Crippen LogP contribution >= 0.6 is 0 Å². The summed E-state index contributed by atoms with van der Waals surface area (Å²) in [6.07, 6.45) is -0.0342. The summed E-state index contributed by atoms with van der Waals surface area (Å²) >= 11 is 0. The van der Waals surface area contributed by atoms with Crippen LogP contribution in [0.15, 0.2) is 54.6 Å². The summed E-state index contributed by atoms with van der Waals surface area (Å²) in [6.45, 7) is 0.377. The first-order chi connectivity index (χ1) is 12.5. The third-order valence-electron chi connectivity index (χ3n) is 4.60. The van der Waals surface area contributed by atoms with Crippen molar-refractivity contribution in [3.05, 3.63) is 60.2 Å². The minimum Gasteiger partial charge on any atom is -0.352 e. The molecule has 1 unspecified atom stereocenters. The van der Waals surface area contributed by atoms with Gasteiger partial charge in [0.05, 0.1) is 6.42 Å². The topological polar surface area (TPSA) is 69.7 Å². The van der Waals surface area contributed by atoms with E-state index in [1.165, 1.54) is 19.0 Å². The van der Waals surface area contributed by atoms with Crippen molar-refractivity contribution >= 4 is 17.8 Å². The van der Waals surface area contributed by atoms with Crippen molar-refractivity contribution < 1.29 is 14.4 Å². The van der Waals surface area contributed by atoms with Crippen molar-refractivity contribution in [2.75, 3.05) is 14.1 Å². The highest BCUT2D eigenvalue weighted by Crippen LogP contribution is 2.19. The summed E-state index contributed by atoms with van der Waals surface area (Å²) in [5, 5.41) is 2.81. The Morgan fingerprint density at radius 1 is 0.962 bits per heavy atom. The molecule has 6 heteroatoms. The number of benzene rings is 2. The van der Waals surface area contributed by atoms with Crippen LogP contribution in [0.3, 0.4) is 0 Å². The molecule has 2 aromatic carbocycles. The van der Waals surface area contributed by atoms with Crippen LogP contribution in [-0.2, 0) is 16.1 Å². The summed E-state index contributed by atoms with van der Waals surface area (Å²) < 4.78 is 0. The van der Waals surface area contributed by atoms with Gasteiger partial charge in [0.2, 0.25) is 5.91 Å². The van der Waals surface area contributed by atoms with E-state index in [2.05, 4.69) is 5.32 Å². The minimum atomic E-state index is -0.729. The second-order valence-electron chi connectivity index (χ2n) is 6.35. The Kier molecular flexibility index (Phi) is 5.02. The van der Waals surface area contributed by atoms with Crippen LogP contribution in [0.4, 0.5) is 4.79 Å². The fraction of sp³-hybridized carbons (Fsp3) is 0.250. The Hall–Kier alpha value is -3.15. The second kappa shape index (κ2) is 7.39. The average molecular weight is 351 g/mol. The summed E-state index contributed by atoms with van der Waals surface area (Å²) in [7, 11) is 2.96. The van der Waals surface area contributed by atoms with Crippen molar-refractivity contribution in [1.82, 2.24) is 15.1 Å². The summed E-state index contributed by atoms with van der Waals surface area (Å²) in [5.74, 6) is -0.606. The second-order valence-corrected chi connectivity index (χ2v) is 6.35. The first-order valence-electron chi connectivity index (χ1n) is 8.43.